The van der Waals surface area contributed by atoms with Gasteiger partial charge < -0.3 is 5.32 Å². The van der Waals surface area contributed by atoms with Crippen LogP contribution in [0.15, 0.2) is 79.1 Å². The number of carbonyl (C=O) groups is 1. The van der Waals surface area contributed by atoms with Crippen molar-refractivity contribution in [2.45, 2.75) is 12.5 Å². The van der Waals surface area contributed by atoms with E-state index in [1.807, 2.05) is 66.7 Å². The van der Waals surface area contributed by atoms with Crippen LogP contribution in [-0.2, 0) is 4.84 Å². The quantitative estimate of drug-likeness (QED) is 0.507. The summed E-state index contributed by atoms with van der Waals surface area (Å²) in [5, 5.41) is 8.57. The molecule has 0 unspecified atom stereocenters. The number of hydrogen-bond donors (Lipinski definition) is 1. The molecule has 0 spiro atoms. The molecule has 5 rings (SSSR count). The molecule has 0 radical (unpaired) electrons. The Hall–Kier alpha value is -4.15. The first-order chi connectivity index (χ1) is 15.3. The maximum atomic E-state index is 12.7. The van der Waals surface area contributed by atoms with Crippen molar-refractivity contribution in [2.24, 2.45) is 0 Å². The Morgan fingerprint density at radius 2 is 1.87 bits per heavy atom. The van der Waals surface area contributed by atoms with Crippen molar-refractivity contribution >= 4 is 17.4 Å². The van der Waals surface area contributed by atoms with Crippen LogP contribution >= 0.6 is 0 Å². The molecule has 1 atom stereocenters. The maximum Gasteiger partial charge on any atom is 0.346 e. The predicted octanol–water partition coefficient (Wildman–Crippen LogP) is 4.04. The van der Waals surface area contributed by atoms with E-state index in [-0.39, 0.29) is 12.1 Å². The zero-order valence-corrected chi connectivity index (χ0v) is 16.6. The Kier molecular flexibility index (Phi) is 5.05. The molecule has 1 N–H and O–H groups in total. The van der Waals surface area contributed by atoms with Crippen molar-refractivity contribution in [2.75, 3.05) is 11.9 Å². The lowest BCUT2D eigenvalue weighted by Gasteiger charge is -2.23. The Morgan fingerprint density at radius 3 is 2.71 bits per heavy atom. The maximum absolute atomic E-state index is 12.7. The van der Waals surface area contributed by atoms with Gasteiger partial charge in [0.15, 0.2) is 5.65 Å². The average Bonchev–Trinajstić information content (AvgIpc) is 3.47. The van der Waals surface area contributed by atoms with E-state index in [9.17, 15) is 4.79 Å². The lowest BCUT2D eigenvalue weighted by Crippen LogP contribution is -2.33. The minimum atomic E-state index is -0.290. The molecule has 2 aromatic heterocycles. The van der Waals surface area contributed by atoms with E-state index in [0.29, 0.717) is 18.0 Å². The van der Waals surface area contributed by atoms with Crippen molar-refractivity contribution in [3.05, 3.63) is 95.9 Å². The molecule has 31 heavy (non-hydrogen) atoms. The molecule has 1 aliphatic heterocycles. The number of nitrogens with one attached hydrogen (secondary N) is 1. The van der Waals surface area contributed by atoms with Crippen molar-refractivity contribution in [1.82, 2.24) is 19.7 Å². The average molecular weight is 409 g/mol. The lowest BCUT2D eigenvalue weighted by atomic mass is 10.1. The molecule has 3 heterocycles. The van der Waals surface area contributed by atoms with E-state index in [4.69, 9.17) is 4.84 Å². The number of aromatic nitrogens is 3. The van der Waals surface area contributed by atoms with E-state index < -0.39 is 0 Å². The molecule has 1 fully saturated rings. The molecule has 0 saturated carbocycles. The SMILES string of the molecule is O=C(Nc1ccc(C#Cc2cnc3cccnn23)cc1)N1OCC[C@H]1c1ccccc1. The first-order valence-corrected chi connectivity index (χ1v) is 9.97. The van der Waals surface area contributed by atoms with Crippen LogP contribution in [0.4, 0.5) is 10.5 Å². The topological polar surface area (TPSA) is 71.8 Å². The van der Waals surface area contributed by atoms with E-state index in [2.05, 4.69) is 27.2 Å². The minimum Gasteiger partial charge on any atom is -0.306 e. The van der Waals surface area contributed by atoms with E-state index in [0.717, 1.165) is 23.2 Å². The number of carbonyl (C=O) groups excluding carboxylic acids is 1. The van der Waals surface area contributed by atoms with Crippen LogP contribution in [0.2, 0.25) is 0 Å². The van der Waals surface area contributed by atoms with Gasteiger partial charge in [-0.3, -0.25) is 4.84 Å². The van der Waals surface area contributed by atoms with E-state index >= 15 is 0 Å². The number of rotatable bonds is 2. The monoisotopic (exact) mass is 409 g/mol. The Morgan fingerprint density at radius 1 is 1.03 bits per heavy atom. The molecule has 1 saturated heterocycles. The predicted molar refractivity (Wildman–Crippen MR) is 116 cm³/mol. The number of nitrogens with zero attached hydrogens (tertiary/aromatic N) is 4. The van der Waals surface area contributed by atoms with Crippen LogP contribution in [0.25, 0.3) is 5.65 Å². The summed E-state index contributed by atoms with van der Waals surface area (Å²) in [6, 6.07) is 20.6. The highest BCUT2D eigenvalue weighted by molar-refractivity contribution is 5.89. The number of benzene rings is 2. The van der Waals surface area contributed by atoms with Gasteiger partial charge in [0.25, 0.3) is 0 Å². The number of amides is 2. The Balaban J connectivity index is 1.27. The second kappa shape index (κ2) is 8.30. The Bertz CT molecular complexity index is 1270. The van der Waals surface area contributed by atoms with Gasteiger partial charge in [-0.05, 0) is 47.9 Å². The zero-order valence-electron chi connectivity index (χ0n) is 16.6. The number of hydrogen-bond acceptors (Lipinski definition) is 4. The number of anilines is 1. The molecule has 1 aliphatic rings. The van der Waals surface area contributed by atoms with Crippen LogP contribution in [0.5, 0.6) is 0 Å². The summed E-state index contributed by atoms with van der Waals surface area (Å²) in [6.45, 7) is 0.514. The highest BCUT2D eigenvalue weighted by Gasteiger charge is 2.31. The summed E-state index contributed by atoms with van der Waals surface area (Å²) in [5.41, 5.74) is 4.02. The van der Waals surface area contributed by atoms with Crippen LogP contribution < -0.4 is 5.32 Å². The summed E-state index contributed by atoms with van der Waals surface area (Å²) in [6.07, 6.45) is 4.16. The molecular weight excluding hydrogens is 390 g/mol. The van der Waals surface area contributed by atoms with Gasteiger partial charge in [0.1, 0.15) is 5.69 Å². The molecule has 7 nitrogen and oxygen atoms in total. The largest absolute Gasteiger partial charge is 0.346 e. The lowest BCUT2D eigenvalue weighted by molar-refractivity contribution is -0.0829. The fraction of sp³-hybridized carbons (Fsp3) is 0.125. The van der Waals surface area contributed by atoms with E-state index in [1.54, 1.807) is 16.9 Å². The molecule has 7 heteroatoms. The molecular formula is C24H19N5O2. The first kappa shape index (κ1) is 18.9. The first-order valence-electron chi connectivity index (χ1n) is 9.97. The molecule has 0 bridgehead atoms. The van der Waals surface area contributed by atoms with Crippen molar-refractivity contribution < 1.29 is 9.63 Å². The Labute approximate surface area is 179 Å². The zero-order chi connectivity index (χ0) is 21.0. The van der Waals surface area contributed by atoms with Gasteiger partial charge in [-0.15, -0.1) is 0 Å². The van der Waals surface area contributed by atoms with Gasteiger partial charge in [0, 0.05) is 23.9 Å². The van der Waals surface area contributed by atoms with Crippen LogP contribution in [0.3, 0.4) is 0 Å². The highest BCUT2D eigenvalue weighted by atomic mass is 16.7. The number of imidazole rings is 1. The van der Waals surface area contributed by atoms with Gasteiger partial charge in [-0.2, -0.15) is 10.2 Å². The smallest absolute Gasteiger partial charge is 0.306 e. The van der Waals surface area contributed by atoms with Crippen molar-refractivity contribution in [3.8, 4) is 11.8 Å². The molecule has 0 aliphatic carbocycles. The molecule has 152 valence electrons. The fourth-order valence-corrected chi connectivity index (χ4v) is 3.51. The van der Waals surface area contributed by atoms with Crippen molar-refractivity contribution in [1.29, 1.82) is 0 Å². The van der Waals surface area contributed by atoms with Gasteiger partial charge in [-0.25, -0.2) is 14.3 Å². The third-order valence-electron chi connectivity index (χ3n) is 5.04. The second-order valence-corrected chi connectivity index (χ2v) is 7.07. The third kappa shape index (κ3) is 3.97. The standard InChI is InChI=1S/C24H19N5O2/c30-24(29-22(14-16-31-29)19-5-2-1-3-6-19)27-20-11-8-18(9-12-20)10-13-21-17-25-23-7-4-15-26-28(21)23/h1-9,11-12,15,17,22H,14,16H2,(H,27,30)/t22-/m0/s1. The summed E-state index contributed by atoms with van der Waals surface area (Å²) in [4.78, 5) is 22.6. The van der Waals surface area contributed by atoms with Crippen LogP contribution in [0.1, 0.15) is 29.3 Å². The summed E-state index contributed by atoms with van der Waals surface area (Å²) < 4.78 is 1.70. The van der Waals surface area contributed by atoms with E-state index in [1.165, 1.54) is 5.06 Å². The number of urea groups is 1. The van der Waals surface area contributed by atoms with Gasteiger partial charge in [0.2, 0.25) is 0 Å². The molecule has 4 aromatic rings. The highest BCUT2D eigenvalue weighted by Crippen LogP contribution is 2.30. The normalized spacial score (nSPS) is 15.5. The summed E-state index contributed by atoms with van der Waals surface area (Å²) in [5.74, 6) is 6.19. The van der Waals surface area contributed by atoms with Gasteiger partial charge in [-0.1, -0.05) is 36.3 Å². The van der Waals surface area contributed by atoms with Gasteiger partial charge in [0.05, 0.1) is 18.8 Å². The second-order valence-electron chi connectivity index (χ2n) is 7.07. The summed E-state index contributed by atoms with van der Waals surface area (Å²) >= 11 is 0. The summed E-state index contributed by atoms with van der Waals surface area (Å²) in [7, 11) is 0. The molecule has 2 amide bonds. The van der Waals surface area contributed by atoms with Crippen LogP contribution in [-0.4, -0.2) is 32.3 Å². The fourth-order valence-electron chi connectivity index (χ4n) is 3.51. The third-order valence-corrected chi connectivity index (χ3v) is 5.04. The number of fused-ring (bicyclic) bond motifs is 1. The van der Waals surface area contributed by atoms with Crippen LogP contribution in [0, 0.1) is 11.8 Å². The minimum absolute atomic E-state index is 0.0922. The van der Waals surface area contributed by atoms with Gasteiger partial charge >= 0.3 is 6.03 Å². The number of hydroxylamine groups is 2. The molecule has 2 aromatic carbocycles. The van der Waals surface area contributed by atoms with Crippen molar-refractivity contribution in [3.63, 3.8) is 0 Å².